The minimum atomic E-state index is 0. The van der Waals surface area contributed by atoms with Gasteiger partial charge in [0.15, 0.2) is 5.96 Å². The molecule has 0 atom stereocenters. The molecule has 0 aliphatic carbocycles. The Balaban J connectivity index is 0.00000200. The molecule has 1 saturated heterocycles. The van der Waals surface area contributed by atoms with Crippen LogP contribution in [-0.4, -0.2) is 43.7 Å². The van der Waals surface area contributed by atoms with Crippen LogP contribution in [0.4, 0.5) is 0 Å². The second-order valence-corrected chi connectivity index (χ2v) is 5.01. The summed E-state index contributed by atoms with van der Waals surface area (Å²) in [4.78, 5) is 6.49. The van der Waals surface area contributed by atoms with Crippen LogP contribution in [0.1, 0.15) is 12.0 Å². The van der Waals surface area contributed by atoms with Gasteiger partial charge in [-0.1, -0.05) is 23.7 Å². The molecule has 1 fully saturated rings. The van der Waals surface area contributed by atoms with Gasteiger partial charge in [-0.3, -0.25) is 4.99 Å². The van der Waals surface area contributed by atoms with Crippen molar-refractivity contribution < 1.29 is 4.74 Å². The van der Waals surface area contributed by atoms with Crippen molar-refractivity contribution in [2.45, 2.75) is 12.8 Å². The molecule has 1 aromatic carbocycles. The lowest BCUT2D eigenvalue weighted by molar-refractivity contribution is 0.0674. The van der Waals surface area contributed by atoms with Crippen LogP contribution < -0.4 is 5.73 Å². The van der Waals surface area contributed by atoms with Crippen LogP contribution in [0, 0.1) is 0 Å². The fourth-order valence-corrected chi connectivity index (χ4v) is 2.15. The second kappa shape index (κ2) is 9.41. The molecule has 2 N–H and O–H groups in total. The summed E-state index contributed by atoms with van der Waals surface area (Å²) in [5, 5.41) is 0.776. The van der Waals surface area contributed by atoms with Gasteiger partial charge in [-0.25, -0.2) is 0 Å². The summed E-state index contributed by atoms with van der Waals surface area (Å²) in [7, 11) is 0. The molecular weight excluding hydrogens is 389 g/mol. The van der Waals surface area contributed by atoms with Crippen molar-refractivity contribution in [2.24, 2.45) is 10.7 Å². The topological polar surface area (TPSA) is 50.8 Å². The van der Waals surface area contributed by atoms with E-state index in [1.165, 1.54) is 5.56 Å². The summed E-state index contributed by atoms with van der Waals surface area (Å²) in [6, 6.07) is 7.94. The molecule has 1 aliphatic rings. The third-order valence-electron chi connectivity index (χ3n) is 3.15. The molecule has 4 nitrogen and oxygen atoms in total. The molecule has 112 valence electrons. The number of morpholine rings is 1. The molecule has 0 saturated carbocycles. The number of halogens is 2. The number of nitrogens with zero attached hydrogens (tertiary/aromatic N) is 2. The summed E-state index contributed by atoms with van der Waals surface area (Å²) in [5.41, 5.74) is 7.23. The first kappa shape index (κ1) is 17.5. The monoisotopic (exact) mass is 409 g/mol. The highest BCUT2D eigenvalue weighted by molar-refractivity contribution is 14.0. The maximum Gasteiger partial charge on any atom is 0.191 e. The van der Waals surface area contributed by atoms with Crippen LogP contribution in [0.15, 0.2) is 29.3 Å². The Morgan fingerprint density at radius 3 is 2.55 bits per heavy atom. The fraction of sp³-hybridized carbons (Fsp3) is 0.500. The van der Waals surface area contributed by atoms with Gasteiger partial charge in [0.25, 0.3) is 0 Å². The zero-order chi connectivity index (χ0) is 13.5. The number of guanidine groups is 1. The molecule has 0 spiro atoms. The predicted molar refractivity (Wildman–Crippen MR) is 94.1 cm³/mol. The summed E-state index contributed by atoms with van der Waals surface area (Å²) < 4.78 is 5.28. The van der Waals surface area contributed by atoms with Gasteiger partial charge in [0.2, 0.25) is 0 Å². The van der Waals surface area contributed by atoms with Crippen molar-refractivity contribution >= 4 is 41.5 Å². The molecule has 1 heterocycles. The molecular formula is C14H21ClIN3O. The lowest BCUT2D eigenvalue weighted by Crippen LogP contribution is -2.44. The maximum atomic E-state index is 5.95. The maximum absolute atomic E-state index is 5.95. The van der Waals surface area contributed by atoms with E-state index in [1.54, 1.807) is 0 Å². The van der Waals surface area contributed by atoms with E-state index in [-0.39, 0.29) is 24.0 Å². The minimum Gasteiger partial charge on any atom is -0.378 e. The summed E-state index contributed by atoms with van der Waals surface area (Å²) >= 11 is 5.85. The molecule has 1 aliphatic heterocycles. The van der Waals surface area contributed by atoms with Crippen LogP contribution >= 0.6 is 35.6 Å². The highest BCUT2D eigenvalue weighted by Crippen LogP contribution is 2.10. The lowest BCUT2D eigenvalue weighted by atomic mass is 10.1. The second-order valence-electron chi connectivity index (χ2n) is 4.57. The van der Waals surface area contributed by atoms with Crippen molar-refractivity contribution in [2.75, 3.05) is 32.8 Å². The number of benzene rings is 1. The predicted octanol–water partition coefficient (Wildman–Crippen LogP) is 2.54. The number of nitrogens with two attached hydrogens (primary N) is 1. The number of hydrogen-bond acceptors (Lipinski definition) is 2. The highest BCUT2D eigenvalue weighted by atomic mass is 127. The molecule has 2 rings (SSSR count). The zero-order valence-electron chi connectivity index (χ0n) is 11.4. The first-order chi connectivity index (χ1) is 9.25. The Morgan fingerprint density at radius 2 is 1.90 bits per heavy atom. The van der Waals surface area contributed by atoms with Gasteiger partial charge < -0.3 is 15.4 Å². The van der Waals surface area contributed by atoms with E-state index >= 15 is 0 Å². The van der Waals surface area contributed by atoms with Crippen LogP contribution in [0.25, 0.3) is 0 Å². The largest absolute Gasteiger partial charge is 0.378 e. The van der Waals surface area contributed by atoms with E-state index in [9.17, 15) is 0 Å². The molecule has 6 heteroatoms. The van der Waals surface area contributed by atoms with Crippen molar-refractivity contribution in [3.63, 3.8) is 0 Å². The van der Waals surface area contributed by atoms with Gasteiger partial charge in [0, 0.05) is 24.7 Å². The van der Waals surface area contributed by atoms with Crippen LogP contribution in [0.2, 0.25) is 5.02 Å². The number of aryl methyl sites for hydroxylation is 1. The Bertz CT molecular complexity index is 419. The third kappa shape index (κ3) is 5.85. The molecule has 0 bridgehead atoms. The van der Waals surface area contributed by atoms with Gasteiger partial charge in [-0.15, -0.1) is 24.0 Å². The third-order valence-corrected chi connectivity index (χ3v) is 3.40. The summed E-state index contributed by atoms with van der Waals surface area (Å²) in [6.07, 6.45) is 1.99. The van der Waals surface area contributed by atoms with E-state index in [1.807, 2.05) is 12.1 Å². The van der Waals surface area contributed by atoms with Crippen LogP contribution in [0.5, 0.6) is 0 Å². The van der Waals surface area contributed by atoms with Gasteiger partial charge in [-0.05, 0) is 30.5 Å². The number of hydrogen-bond donors (Lipinski definition) is 1. The molecule has 0 unspecified atom stereocenters. The van der Waals surface area contributed by atoms with Crippen LogP contribution in [0.3, 0.4) is 0 Å². The Kier molecular flexibility index (Phi) is 8.25. The molecule has 20 heavy (non-hydrogen) atoms. The van der Waals surface area contributed by atoms with E-state index < -0.39 is 0 Å². The van der Waals surface area contributed by atoms with E-state index in [2.05, 4.69) is 22.0 Å². The van der Waals surface area contributed by atoms with Crippen molar-refractivity contribution in [1.82, 2.24) is 4.90 Å². The standard InChI is InChI=1S/C14H20ClN3O.HI/c15-13-5-3-12(4-6-13)2-1-7-17-14(16)18-8-10-19-11-9-18;/h3-6H,1-2,7-11H2,(H2,16,17);1H. The average Bonchev–Trinajstić information content (AvgIpc) is 2.46. The Hall–Kier alpha value is -0.530. The van der Waals surface area contributed by atoms with Gasteiger partial charge in [0.05, 0.1) is 13.2 Å². The van der Waals surface area contributed by atoms with Gasteiger partial charge >= 0.3 is 0 Å². The Labute approximate surface area is 142 Å². The van der Waals surface area contributed by atoms with E-state index in [0.717, 1.165) is 50.7 Å². The van der Waals surface area contributed by atoms with Gasteiger partial charge in [-0.2, -0.15) is 0 Å². The number of rotatable bonds is 4. The van der Waals surface area contributed by atoms with Crippen LogP contribution in [-0.2, 0) is 11.2 Å². The fourth-order valence-electron chi connectivity index (χ4n) is 2.02. The SMILES string of the molecule is I.NC(=NCCCc1ccc(Cl)cc1)N1CCOCC1. The van der Waals surface area contributed by atoms with E-state index in [0.29, 0.717) is 5.96 Å². The minimum absolute atomic E-state index is 0. The molecule has 1 aromatic rings. The average molecular weight is 410 g/mol. The first-order valence-corrected chi connectivity index (χ1v) is 7.00. The first-order valence-electron chi connectivity index (χ1n) is 6.63. The smallest absolute Gasteiger partial charge is 0.191 e. The molecule has 0 radical (unpaired) electrons. The normalized spacial score (nSPS) is 15.8. The highest BCUT2D eigenvalue weighted by Gasteiger charge is 2.11. The molecule has 0 aromatic heterocycles. The van der Waals surface area contributed by atoms with E-state index in [4.69, 9.17) is 22.1 Å². The number of aliphatic imine (C=N–C) groups is 1. The summed E-state index contributed by atoms with van der Waals surface area (Å²) in [6.45, 7) is 3.91. The molecule has 0 amide bonds. The van der Waals surface area contributed by atoms with Gasteiger partial charge in [0.1, 0.15) is 0 Å². The summed E-state index contributed by atoms with van der Waals surface area (Å²) in [5.74, 6) is 0.638. The quantitative estimate of drug-likeness (QED) is 0.360. The van der Waals surface area contributed by atoms with Crippen molar-refractivity contribution in [3.05, 3.63) is 34.9 Å². The van der Waals surface area contributed by atoms with Crippen molar-refractivity contribution in [1.29, 1.82) is 0 Å². The lowest BCUT2D eigenvalue weighted by Gasteiger charge is -2.27. The number of ether oxygens (including phenoxy) is 1. The van der Waals surface area contributed by atoms with Crippen molar-refractivity contribution in [3.8, 4) is 0 Å². The Morgan fingerprint density at radius 1 is 1.25 bits per heavy atom. The zero-order valence-corrected chi connectivity index (χ0v) is 14.5.